The van der Waals surface area contributed by atoms with Crippen molar-refractivity contribution in [3.63, 3.8) is 0 Å². The van der Waals surface area contributed by atoms with Crippen LogP contribution in [-0.4, -0.2) is 38.3 Å². The van der Waals surface area contributed by atoms with Crippen LogP contribution < -0.4 is 10.2 Å². The Morgan fingerprint density at radius 1 is 1.04 bits per heavy atom. The van der Waals surface area contributed by atoms with Crippen LogP contribution in [-0.2, 0) is 14.3 Å². The fourth-order valence-electron chi connectivity index (χ4n) is 2.31. The third kappa shape index (κ3) is 6.98. The maximum absolute atomic E-state index is 11.9. The summed E-state index contributed by atoms with van der Waals surface area (Å²) in [5.41, 5.74) is 4.20. The van der Waals surface area contributed by atoms with E-state index in [9.17, 15) is 9.59 Å². The molecule has 5 nitrogen and oxygen atoms in total. The van der Waals surface area contributed by atoms with Crippen LogP contribution in [0.5, 0.6) is 0 Å². The molecule has 0 aromatic heterocycles. The van der Waals surface area contributed by atoms with Crippen LogP contribution in [0.4, 0.5) is 11.4 Å². The average molecular weight is 387 g/mol. The minimum absolute atomic E-state index is 0.266. The van der Waals surface area contributed by atoms with E-state index in [1.807, 2.05) is 49.3 Å². The van der Waals surface area contributed by atoms with Gasteiger partial charge in [-0.15, -0.1) is 11.8 Å². The quantitative estimate of drug-likeness (QED) is 0.548. The Kier molecular flexibility index (Phi) is 7.73. The van der Waals surface area contributed by atoms with Gasteiger partial charge in [0.05, 0.1) is 6.42 Å². The SMILES string of the molecule is Cc1ccc(SCCC(=O)OCC(=O)Nc2ccc(N(C)C)cc2)cc1C. The van der Waals surface area contributed by atoms with Gasteiger partial charge < -0.3 is 15.0 Å². The van der Waals surface area contributed by atoms with E-state index in [1.54, 1.807) is 11.8 Å². The molecule has 0 unspecified atom stereocenters. The van der Waals surface area contributed by atoms with E-state index in [0.29, 0.717) is 11.4 Å². The van der Waals surface area contributed by atoms with Crippen molar-refractivity contribution < 1.29 is 14.3 Å². The van der Waals surface area contributed by atoms with Gasteiger partial charge in [0.1, 0.15) is 0 Å². The summed E-state index contributed by atoms with van der Waals surface area (Å²) in [4.78, 5) is 26.8. The minimum Gasteiger partial charge on any atom is -0.456 e. The summed E-state index contributed by atoms with van der Waals surface area (Å²) in [5, 5.41) is 2.72. The molecule has 144 valence electrons. The average Bonchev–Trinajstić information content (AvgIpc) is 2.63. The molecule has 0 aliphatic heterocycles. The number of nitrogens with one attached hydrogen (secondary N) is 1. The summed E-state index contributed by atoms with van der Waals surface area (Å²) in [7, 11) is 3.90. The van der Waals surface area contributed by atoms with Gasteiger partial charge in [-0.2, -0.15) is 0 Å². The molecule has 2 aromatic carbocycles. The van der Waals surface area contributed by atoms with Crippen molar-refractivity contribution in [3.8, 4) is 0 Å². The third-order valence-electron chi connectivity index (χ3n) is 4.08. The molecule has 1 N–H and O–H groups in total. The van der Waals surface area contributed by atoms with Crippen molar-refractivity contribution in [1.29, 1.82) is 0 Å². The number of benzene rings is 2. The summed E-state index contributed by atoms with van der Waals surface area (Å²) in [6.45, 7) is 3.87. The smallest absolute Gasteiger partial charge is 0.307 e. The van der Waals surface area contributed by atoms with E-state index < -0.39 is 0 Å². The van der Waals surface area contributed by atoms with Crippen LogP contribution in [0.3, 0.4) is 0 Å². The summed E-state index contributed by atoms with van der Waals surface area (Å²) in [5.74, 6) is -0.0956. The van der Waals surface area contributed by atoms with Gasteiger partial charge in [-0.05, 0) is 61.4 Å². The lowest BCUT2D eigenvalue weighted by Crippen LogP contribution is -2.21. The van der Waals surface area contributed by atoms with Gasteiger partial charge in [0.15, 0.2) is 6.61 Å². The van der Waals surface area contributed by atoms with Crippen LogP contribution in [0.25, 0.3) is 0 Å². The van der Waals surface area contributed by atoms with Gasteiger partial charge >= 0.3 is 5.97 Å². The van der Waals surface area contributed by atoms with E-state index in [4.69, 9.17) is 4.74 Å². The van der Waals surface area contributed by atoms with Gasteiger partial charge in [0, 0.05) is 36.1 Å². The number of aryl methyl sites for hydroxylation is 2. The van der Waals surface area contributed by atoms with Crippen molar-refractivity contribution in [1.82, 2.24) is 0 Å². The van der Waals surface area contributed by atoms with Crippen molar-refractivity contribution in [2.45, 2.75) is 25.2 Å². The van der Waals surface area contributed by atoms with Gasteiger partial charge in [-0.3, -0.25) is 9.59 Å². The molecule has 0 aliphatic rings. The first kappa shape index (κ1) is 20.8. The maximum atomic E-state index is 11.9. The second-order valence-corrected chi connectivity index (χ2v) is 7.66. The Balaban J connectivity index is 1.68. The zero-order valence-corrected chi connectivity index (χ0v) is 17.1. The molecular weight excluding hydrogens is 360 g/mol. The zero-order chi connectivity index (χ0) is 19.8. The highest BCUT2D eigenvalue weighted by Gasteiger charge is 2.09. The van der Waals surface area contributed by atoms with E-state index >= 15 is 0 Å². The largest absolute Gasteiger partial charge is 0.456 e. The third-order valence-corrected chi connectivity index (χ3v) is 5.08. The maximum Gasteiger partial charge on any atom is 0.307 e. The number of thioether (sulfide) groups is 1. The highest BCUT2D eigenvalue weighted by Crippen LogP contribution is 2.21. The standard InChI is InChI=1S/C21H26N2O3S/c1-15-5-10-19(13-16(15)2)27-12-11-21(25)26-14-20(24)22-17-6-8-18(9-7-17)23(3)4/h5-10,13H,11-12,14H2,1-4H3,(H,22,24). The molecule has 0 spiro atoms. The Morgan fingerprint density at radius 3 is 2.37 bits per heavy atom. The summed E-state index contributed by atoms with van der Waals surface area (Å²) in [6, 6.07) is 13.7. The molecule has 27 heavy (non-hydrogen) atoms. The summed E-state index contributed by atoms with van der Waals surface area (Å²) in [6.07, 6.45) is 0.266. The van der Waals surface area contributed by atoms with Crippen LogP contribution in [0.15, 0.2) is 47.4 Å². The Hall–Kier alpha value is -2.47. The number of anilines is 2. The number of hydrogen-bond donors (Lipinski definition) is 1. The molecule has 0 saturated heterocycles. The van der Waals surface area contributed by atoms with Crippen LogP contribution >= 0.6 is 11.8 Å². The zero-order valence-electron chi connectivity index (χ0n) is 16.2. The first-order valence-electron chi connectivity index (χ1n) is 8.78. The van der Waals surface area contributed by atoms with Crippen LogP contribution in [0.2, 0.25) is 0 Å². The van der Waals surface area contributed by atoms with Gasteiger partial charge in [0.25, 0.3) is 5.91 Å². The molecule has 2 aromatic rings. The predicted molar refractivity (Wildman–Crippen MR) is 112 cm³/mol. The lowest BCUT2D eigenvalue weighted by Gasteiger charge is -2.13. The lowest BCUT2D eigenvalue weighted by molar-refractivity contribution is -0.146. The van der Waals surface area contributed by atoms with E-state index in [2.05, 4.69) is 31.3 Å². The molecule has 6 heteroatoms. The fourth-order valence-corrected chi connectivity index (χ4v) is 3.24. The molecule has 0 aliphatic carbocycles. The van der Waals surface area contributed by atoms with Gasteiger partial charge in [-0.25, -0.2) is 0 Å². The first-order chi connectivity index (χ1) is 12.8. The molecule has 2 rings (SSSR count). The molecule has 0 fully saturated rings. The van der Waals surface area contributed by atoms with Gasteiger partial charge in [0.2, 0.25) is 0 Å². The number of nitrogens with zero attached hydrogens (tertiary/aromatic N) is 1. The topological polar surface area (TPSA) is 58.6 Å². The summed E-state index contributed by atoms with van der Waals surface area (Å²) >= 11 is 1.61. The Labute approximate surface area is 165 Å². The number of esters is 1. The predicted octanol–water partition coefficient (Wildman–Crippen LogP) is 4.03. The number of amides is 1. The normalized spacial score (nSPS) is 10.4. The molecular formula is C21H26N2O3S. The van der Waals surface area contributed by atoms with Crippen LogP contribution in [0, 0.1) is 13.8 Å². The first-order valence-corrected chi connectivity index (χ1v) is 9.76. The van der Waals surface area contributed by atoms with Gasteiger partial charge in [-0.1, -0.05) is 6.07 Å². The van der Waals surface area contributed by atoms with E-state index in [1.165, 1.54) is 11.1 Å². The van der Waals surface area contributed by atoms with Crippen LogP contribution in [0.1, 0.15) is 17.5 Å². The second-order valence-electron chi connectivity index (χ2n) is 6.49. The highest BCUT2D eigenvalue weighted by atomic mass is 32.2. The molecule has 0 saturated carbocycles. The van der Waals surface area contributed by atoms with Crippen molar-refractivity contribution >= 4 is 35.0 Å². The van der Waals surface area contributed by atoms with Crippen molar-refractivity contribution in [2.75, 3.05) is 36.7 Å². The molecule has 0 radical (unpaired) electrons. The fraction of sp³-hybridized carbons (Fsp3) is 0.333. The molecule has 0 heterocycles. The Bertz CT molecular complexity index is 789. The highest BCUT2D eigenvalue weighted by molar-refractivity contribution is 7.99. The van der Waals surface area contributed by atoms with E-state index in [0.717, 1.165) is 10.6 Å². The van der Waals surface area contributed by atoms with E-state index in [-0.39, 0.29) is 24.9 Å². The molecule has 0 bridgehead atoms. The number of hydrogen-bond acceptors (Lipinski definition) is 5. The molecule has 0 atom stereocenters. The Morgan fingerprint density at radius 2 is 1.74 bits per heavy atom. The second kappa shape index (κ2) is 10.0. The summed E-state index contributed by atoms with van der Waals surface area (Å²) < 4.78 is 5.05. The minimum atomic E-state index is -0.371. The number of carbonyl (C=O) groups excluding carboxylic acids is 2. The van der Waals surface area contributed by atoms with Crippen molar-refractivity contribution in [2.24, 2.45) is 0 Å². The number of carbonyl (C=O) groups is 2. The monoisotopic (exact) mass is 386 g/mol. The molecule has 1 amide bonds. The lowest BCUT2D eigenvalue weighted by atomic mass is 10.1. The van der Waals surface area contributed by atoms with Crippen molar-refractivity contribution in [3.05, 3.63) is 53.6 Å². The number of rotatable bonds is 8. The number of ether oxygens (including phenoxy) is 1.